The molecule has 2 rings (SSSR count). The summed E-state index contributed by atoms with van der Waals surface area (Å²) in [5.41, 5.74) is 3.94. The molecule has 1 aromatic heterocycles. The molecular weight excluding hydrogens is 262 g/mol. The number of nitrogens with zero attached hydrogens (tertiary/aromatic N) is 2. The van der Waals surface area contributed by atoms with Gasteiger partial charge in [-0.2, -0.15) is 5.10 Å². The number of methoxy groups -OCH3 is 1. The zero-order chi connectivity index (χ0) is 15.1. The van der Waals surface area contributed by atoms with Gasteiger partial charge in [-0.25, -0.2) is 0 Å². The average molecular weight is 287 g/mol. The molecule has 0 saturated heterocycles. The Kier molecular flexibility index (Phi) is 5.96. The highest BCUT2D eigenvalue weighted by Crippen LogP contribution is 2.20. The van der Waals surface area contributed by atoms with Crippen molar-refractivity contribution in [1.29, 1.82) is 0 Å². The summed E-state index contributed by atoms with van der Waals surface area (Å²) in [7, 11) is 3.69. The van der Waals surface area contributed by atoms with Crippen LogP contribution in [0.5, 0.6) is 0 Å². The molecule has 1 atom stereocenters. The largest absolute Gasteiger partial charge is 0.383 e. The van der Waals surface area contributed by atoms with Gasteiger partial charge in [0.2, 0.25) is 0 Å². The maximum Gasteiger partial charge on any atom is 0.0587 e. The third kappa shape index (κ3) is 4.99. The predicted octanol–water partition coefficient (Wildman–Crippen LogP) is 2.29. The van der Waals surface area contributed by atoms with E-state index in [4.69, 9.17) is 4.74 Å². The zero-order valence-corrected chi connectivity index (χ0v) is 13.2. The maximum absolute atomic E-state index is 5.09. The molecule has 0 aliphatic heterocycles. The summed E-state index contributed by atoms with van der Waals surface area (Å²) in [6.07, 6.45) is 5.05. The van der Waals surface area contributed by atoms with Gasteiger partial charge in [-0.1, -0.05) is 29.8 Å². The van der Waals surface area contributed by atoms with Crippen LogP contribution in [0.3, 0.4) is 0 Å². The lowest BCUT2D eigenvalue weighted by molar-refractivity contribution is 0.199. The molecule has 114 valence electrons. The Morgan fingerprint density at radius 3 is 2.67 bits per heavy atom. The standard InChI is InChI=1S/C17H25N3O/c1-14-4-6-16(7-5-14)17(12-18-8-9-21-3)10-15-11-19-20(2)13-15/h4-7,11,13,17-18H,8-10,12H2,1-3H3. The first-order valence-corrected chi connectivity index (χ1v) is 7.43. The number of hydrogen-bond donors (Lipinski definition) is 1. The van der Waals surface area contributed by atoms with E-state index < -0.39 is 0 Å². The second kappa shape index (κ2) is 7.96. The quantitative estimate of drug-likeness (QED) is 0.757. The lowest BCUT2D eigenvalue weighted by Gasteiger charge is -2.18. The number of rotatable bonds is 8. The Labute approximate surface area is 127 Å². The Bertz CT molecular complexity index is 533. The molecule has 1 aromatic carbocycles. The van der Waals surface area contributed by atoms with Crippen molar-refractivity contribution in [3.8, 4) is 0 Å². The van der Waals surface area contributed by atoms with Gasteiger partial charge in [0.25, 0.3) is 0 Å². The predicted molar refractivity (Wildman–Crippen MR) is 85.6 cm³/mol. The summed E-state index contributed by atoms with van der Waals surface area (Å²) >= 11 is 0. The molecule has 1 unspecified atom stereocenters. The van der Waals surface area contributed by atoms with Crippen LogP contribution in [-0.2, 0) is 18.2 Å². The maximum atomic E-state index is 5.09. The van der Waals surface area contributed by atoms with Gasteiger partial charge in [0.1, 0.15) is 0 Å². The van der Waals surface area contributed by atoms with Crippen molar-refractivity contribution in [3.63, 3.8) is 0 Å². The molecule has 4 nitrogen and oxygen atoms in total. The Hall–Kier alpha value is -1.65. The molecule has 0 spiro atoms. The van der Waals surface area contributed by atoms with Crippen LogP contribution in [0.25, 0.3) is 0 Å². The fourth-order valence-electron chi connectivity index (χ4n) is 2.46. The lowest BCUT2D eigenvalue weighted by atomic mass is 9.92. The van der Waals surface area contributed by atoms with Crippen molar-refractivity contribution in [2.24, 2.45) is 7.05 Å². The molecule has 0 amide bonds. The number of ether oxygens (including phenoxy) is 1. The van der Waals surface area contributed by atoms with Crippen molar-refractivity contribution in [2.75, 3.05) is 26.8 Å². The molecular formula is C17H25N3O. The summed E-state index contributed by atoms with van der Waals surface area (Å²) < 4.78 is 6.95. The first-order valence-electron chi connectivity index (χ1n) is 7.43. The minimum Gasteiger partial charge on any atom is -0.383 e. The highest BCUT2D eigenvalue weighted by atomic mass is 16.5. The van der Waals surface area contributed by atoms with Crippen molar-refractivity contribution in [1.82, 2.24) is 15.1 Å². The monoisotopic (exact) mass is 287 g/mol. The van der Waals surface area contributed by atoms with Crippen molar-refractivity contribution < 1.29 is 4.74 Å². The second-order valence-corrected chi connectivity index (χ2v) is 5.53. The molecule has 0 radical (unpaired) electrons. The molecule has 2 aromatic rings. The van der Waals surface area contributed by atoms with Gasteiger partial charge in [0, 0.05) is 39.4 Å². The Balaban J connectivity index is 2.04. The highest BCUT2D eigenvalue weighted by molar-refractivity contribution is 5.26. The fraction of sp³-hybridized carbons (Fsp3) is 0.471. The van der Waals surface area contributed by atoms with Gasteiger partial charge >= 0.3 is 0 Å². The third-order valence-corrected chi connectivity index (χ3v) is 3.66. The molecule has 4 heteroatoms. The van der Waals surface area contributed by atoms with E-state index in [1.165, 1.54) is 16.7 Å². The molecule has 1 heterocycles. The van der Waals surface area contributed by atoms with E-state index in [0.29, 0.717) is 5.92 Å². The van der Waals surface area contributed by atoms with Gasteiger partial charge in [-0.3, -0.25) is 4.68 Å². The summed E-state index contributed by atoms with van der Waals surface area (Å²) in [4.78, 5) is 0. The third-order valence-electron chi connectivity index (χ3n) is 3.66. The molecule has 0 aliphatic rings. The van der Waals surface area contributed by atoms with Crippen LogP contribution in [-0.4, -0.2) is 36.6 Å². The average Bonchev–Trinajstić information content (AvgIpc) is 2.88. The van der Waals surface area contributed by atoms with E-state index >= 15 is 0 Å². The van der Waals surface area contributed by atoms with E-state index in [1.54, 1.807) is 7.11 Å². The van der Waals surface area contributed by atoms with Crippen LogP contribution in [0.1, 0.15) is 22.6 Å². The Morgan fingerprint density at radius 1 is 1.29 bits per heavy atom. The normalized spacial score (nSPS) is 12.5. The zero-order valence-electron chi connectivity index (χ0n) is 13.2. The lowest BCUT2D eigenvalue weighted by Crippen LogP contribution is -2.26. The van der Waals surface area contributed by atoms with Crippen LogP contribution >= 0.6 is 0 Å². The van der Waals surface area contributed by atoms with E-state index in [-0.39, 0.29) is 0 Å². The number of aromatic nitrogens is 2. The Morgan fingerprint density at radius 2 is 2.05 bits per heavy atom. The summed E-state index contributed by atoms with van der Waals surface area (Å²) in [5.74, 6) is 0.451. The SMILES string of the molecule is COCCNCC(Cc1cnn(C)c1)c1ccc(C)cc1. The van der Waals surface area contributed by atoms with Crippen LogP contribution in [0, 0.1) is 6.92 Å². The molecule has 1 N–H and O–H groups in total. The minimum absolute atomic E-state index is 0.451. The number of aryl methyl sites for hydroxylation is 2. The summed E-state index contributed by atoms with van der Waals surface area (Å²) in [5, 5.41) is 7.74. The fourth-order valence-corrected chi connectivity index (χ4v) is 2.46. The van der Waals surface area contributed by atoms with Gasteiger partial charge in [0.15, 0.2) is 0 Å². The van der Waals surface area contributed by atoms with E-state index in [2.05, 4.69) is 47.8 Å². The number of hydrogen-bond acceptors (Lipinski definition) is 3. The van der Waals surface area contributed by atoms with Crippen LogP contribution in [0.15, 0.2) is 36.7 Å². The molecule has 0 fully saturated rings. The minimum atomic E-state index is 0.451. The number of nitrogens with one attached hydrogen (secondary N) is 1. The molecule has 21 heavy (non-hydrogen) atoms. The van der Waals surface area contributed by atoms with Gasteiger partial charge in [0.05, 0.1) is 12.8 Å². The molecule has 0 aliphatic carbocycles. The first-order chi connectivity index (χ1) is 10.2. The van der Waals surface area contributed by atoms with Crippen molar-refractivity contribution in [2.45, 2.75) is 19.3 Å². The van der Waals surface area contributed by atoms with E-state index in [9.17, 15) is 0 Å². The molecule has 0 bridgehead atoms. The summed E-state index contributed by atoms with van der Waals surface area (Å²) in [6.45, 7) is 4.69. The van der Waals surface area contributed by atoms with E-state index in [1.807, 2.05) is 17.9 Å². The van der Waals surface area contributed by atoms with Crippen molar-refractivity contribution >= 4 is 0 Å². The molecule has 0 saturated carbocycles. The van der Waals surface area contributed by atoms with Crippen LogP contribution < -0.4 is 5.32 Å². The van der Waals surface area contributed by atoms with Crippen LogP contribution in [0.2, 0.25) is 0 Å². The first kappa shape index (κ1) is 15.7. The van der Waals surface area contributed by atoms with Crippen LogP contribution in [0.4, 0.5) is 0 Å². The second-order valence-electron chi connectivity index (χ2n) is 5.53. The van der Waals surface area contributed by atoms with Crippen molar-refractivity contribution in [3.05, 3.63) is 53.3 Å². The summed E-state index contributed by atoms with van der Waals surface area (Å²) in [6, 6.07) is 8.82. The van der Waals surface area contributed by atoms with Gasteiger partial charge < -0.3 is 10.1 Å². The van der Waals surface area contributed by atoms with E-state index in [0.717, 1.165) is 26.1 Å². The smallest absolute Gasteiger partial charge is 0.0587 e. The topological polar surface area (TPSA) is 39.1 Å². The highest BCUT2D eigenvalue weighted by Gasteiger charge is 2.13. The van der Waals surface area contributed by atoms with Gasteiger partial charge in [-0.15, -0.1) is 0 Å². The number of benzene rings is 1. The van der Waals surface area contributed by atoms with Gasteiger partial charge in [-0.05, 0) is 24.5 Å².